The predicted octanol–water partition coefficient (Wildman–Crippen LogP) is 3.05. The van der Waals surface area contributed by atoms with Gasteiger partial charge in [-0.05, 0) is 51.3 Å². The zero-order valence-corrected chi connectivity index (χ0v) is 18.9. The molecule has 1 aromatic heterocycles. The summed E-state index contributed by atoms with van der Waals surface area (Å²) in [5.41, 5.74) is 7.16. The Hall–Kier alpha value is -2.85. The Balaban J connectivity index is 1.24. The van der Waals surface area contributed by atoms with Crippen LogP contribution in [0.2, 0.25) is 0 Å². The van der Waals surface area contributed by atoms with Crippen molar-refractivity contribution in [2.24, 2.45) is 0 Å². The van der Waals surface area contributed by atoms with Crippen LogP contribution in [0.3, 0.4) is 0 Å². The lowest BCUT2D eigenvalue weighted by Crippen LogP contribution is -2.53. The molecule has 3 aliphatic heterocycles. The number of rotatable bonds is 6. The molecule has 2 aromatic rings. The molecule has 0 aliphatic carbocycles. The molecule has 0 radical (unpaired) electrons. The van der Waals surface area contributed by atoms with Crippen LogP contribution in [0.25, 0.3) is 11.0 Å². The molecule has 0 saturated carbocycles. The lowest BCUT2D eigenvalue weighted by Gasteiger charge is -2.30. The third kappa shape index (κ3) is 5.06. The number of H-pyrrole nitrogens is 1. The van der Waals surface area contributed by atoms with Crippen LogP contribution in [-0.4, -0.2) is 70.2 Å². The SMILES string of the molecule is O=C(NN1NC=CC1c1nc2cc(OCCN3CCCCC3)c(F)cc2[nH]1)N1CCCCC1. The van der Waals surface area contributed by atoms with Gasteiger partial charge in [-0.25, -0.2) is 14.2 Å². The summed E-state index contributed by atoms with van der Waals surface area (Å²) in [6.45, 7) is 4.95. The third-order valence-electron chi connectivity index (χ3n) is 6.58. The average molecular weight is 458 g/mol. The standard InChI is InChI=1S/C23H32FN7O2/c24-17-15-18-19(16-21(17)33-14-13-29-9-3-1-4-10-29)27-22(26-18)20-7-8-25-31(20)28-23(32)30-11-5-2-6-12-30/h7-8,15-16,20,25H,1-6,9-14H2,(H,26,27)(H,28,32). The first kappa shape index (κ1) is 22.0. The van der Waals surface area contributed by atoms with Gasteiger partial charge in [0.1, 0.15) is 18.5 Å². The number of fused-ring (bicyclic) bond motifs is 1. The molecule has 10 heteroatoms. The van der Waals surface area contributed by atoms with Gasteiger partial charge in [-0.3, -0.25) is 10.3 Å². The molecule has 0 bridgehead atoms. The maximum Gasteiger partial charge on any atom is 0.333 e. The normalized spacial score (nSPS) is 22.0. The highest BCUT2D eigenvalue weighted by Crippen LogP contribution is 2.28. The first-order chi connectivity index (χ1) is 16.2. The summed E-state index contributed by atoms with van der Waals surface area (Å²) in [4.78, 5) is 24.6. The van der Waals surface area contributed by atoms with Gasteiger partial charge in [0, 0.05) is 38.0 Å². The summed E-state index contributed by atoms with van der Waals surface area (Å²) < 4.78 is 20.4. The van der Waals surface area contributed by atoms with E-state index in [0.717, 1.165) is 52.0 Å². The smallest absolute Gasteiger partial charge is 0.333 e. The number of carbonyl (C=O) groups excluding carboxylic acids is 1. The van der Waals surface area contributed by atoms with E-state index in [-0.39, 0.29) is 17.8 Å². The molecule has 2 amide bonds. The number of urea groups is 1. The van der Waals surface area contributed by atoms with Crippen molar-refractivity contribution in [2.45, 2.75) is 44.6 Å². The predicted molar refractivity (Wildman–Crippen MR) is 123 cm³/mol. The monoisotopic (exact) mass is 457 g/mol. The molecular formula is C23H32FN7O2. The lowest BCUT2D eigenvalue weighted by atomic mass is 10.1. The highest BCUT2D eigenvalue weighted by atomic mass is 19.1. The van der Waals surface area contributed by atoms with E-state index < -0.39 is 5.82 Å². The van der Waals surface area contributed by atoms with Gasteiger partial charge in [0.05, 0.1) is 11.0 Å². The Morgan fingerprint density at radius 1 is 1.12 bits per heavy atom. The van der Waals surface area contributed by atoms with Gasteiger partial charge in [0.15, 0.2) is 11.6 Å². The van der Waals surface area contributed by atoms with Crippen molar-refractivity contribution >= 4 is 17.1 Å². The fourth-order valence-corrected chi connectivity index (χ4v) is 4.72. The molecule has 0 spiro atoms. The number of hydrazine groups is 2. The van der Waals surface area contributed by atoms with Crippen LogP contribution in [0.5, 0.6) is 5.75 Å². The van der Waals surface area contributed by atoms with E-state index in [1.165, 1.54) is 25.3 Å². The van der Waals surface area contributed by atoms with Gasteiger partial charge >= 0.3 is 6.03 Å². The Morgan fingerprint density at radius 3 is 2.67 bits per heavy atom. The summed E-state index contributed by atoms with van der Waals surface area (Å²) in [5.74, 6) is 0.412. The van der Waals surface area contributed by atoms with Crippen LogP contribution in [0.15, 0.2) is 24.4 Å². The average Bonchev–Trinajstić information content (AvgIpc) is 3.46. The quantitative estimate of drug-likeness (QED) is 0.618. The number of halogens is 1. The molecule has 4 heterocycles. The minimum Gasteiger partial charge on any atom is -0.489 e. The number of likely N-dealkylation sites (tertiary alicyclic amines) is 2. The summed E-state index contributed by atoms with van der Waals surface area (Å²) in [5, 5.41) is 1.61. The number of piperidine rings is 2. The van der Waals surface area contributed by atoms with Crippen molar-refractivity contribution in [3.8, 4) is 5.75 Å². The molecule has 1 unspecified atom stereocenters. The second-order valence-electron chi connectivity index (χ2n) is 8.94. The Kier molecular flexibility index (Phi) is 6.63. The Morgan fingerprint density at radius 2 is 1.88 bits per heavy atom. The maximum atomic E-state index is 14.6. The van der Waals surface area contributed by atoms with Gasteiger partial charge < -0.3 is 20.0 Å². The Bertz CT molecular complexity index is 998. The summed E-state index contributed by atoms with van der Waals surface area (Å²) in [7, 11) is 0. The first-order valence-electron chi connectivity index (χ1n) is 12.0. The van der Waals surface area contributed by atoms with Crippen LogP contribution in [0.4, 0.5) is 9.18 Å². The number of carbonyl (C=O) groups is 1. The van der Waals surface area contributed by atoms with Gasteiger partial charge in [-0.15, -0.1) is 5.12 Å². The summed E-state index contributed by atoms with van der Waals surface area (Å²) in [6, 6.07) is 2.59. The molecule has 2 saturated heterocycles. The molecule has 1 atom stereocenters. The number of aromatic nitrogens is 2. The molecular weight excluding hydrogens is 425 g/mol. The number of ether oxygens (including phenoxy) is 1. The van der Waals surface area contributed by atoms with Crippen LogP contribution in [0, 0.1) is 5.82 Å². The molecule has 3 N–H and O–H groups in total. The molecule has 3 aliphatic rings. The summed E-state index contributed by atoms with van der Waals surface area (Å²) in [6.07, 6.45) is 10.6. The number of hydrogen-bond acceptors (Lipinski definition) is 6. The number of hydrogen-bond donors (Lipinski definition) is 3. The Labute approximate surface area is 192 Å². The number of nitrogens with zero attached hydrogens (tertiary/aromatic N) is 4. The second kappa shape index (κ2) is 9.96. The molecule has 33 heavy (non-hydrogen) atoms. The second-order valence-corrected chi connectivity index (χ2v) is 8.94. The van der Waals surface area contributed by atoms with Crippen molar-refractivity contribution in [3.05, 3.63) is 36.1 Å². The minimum absolute atomic E-state index is 0.137. The van der Waals surface area contributed by atoms with Crippen molar-refractivity contribution in [1.82, 2.24) is 35.7 Å². The molecule has 1 aromatic carbocycles. The van der Waals surface area contributed by atoms with Gasteiger partial charge in [0.25, 0.3) is 0 Å². The number of imidazole rings is 1. The van der Waals surface area contributed by atoms with Crippen LogP contribution < -0.4 is 15.6 Å². The van der Waals surface area contributed by atoms with Crippen molar-refractivity contribution < 1.29 is 13.9 Å². The molecule has 2 fully saturated rings. The van der Waals surface area contributed by atoms with Crippen molar-refractivity contribution in [1.29, 1.82) is 0 Å². The van der Waals surface area contributed by atoms with Crippen LogP contribution >= 0.6 is 0 Å². The van der Waals surface area contributed by atoms with E-state index in [2.05, 4.69) is 25.7 Å². The number of aromatic amines is 1. The van der Waals surface area contributed by atoms with Gasteiger partial charge in [-0.2, -0.15) is 0 Å². The third-order valence-corrected chi connectivity index (χ3v) is 6.58. The van der Waals surface area contributed by atoms with E-state index in [0.29, 0.717) is 23.5 Å². The highest BCUT2D eigenvalue weighted by molar-refractivity contribution is 5.77. The maximum absolute atomic E-state index is 14.6. The number of amides is 2. The number of benzene rings is 1. The van der Waals surface area contributed by atoms with Crippen molar-refractivity contribution in [3.63, 3.8) is 0 Å². The van der Waals surface area contributed by atoms with E-state index in [4.69, 9.17) is 4.74 Å². The minimum atomic E-state index is -0.410. The van der Waals surface area contributed by atoms with Crippen molar-refractivity contribution in [2.75, 3.05) is 39.3 Å². The van der Waals surface area contributed by atoms with E-state index in [1.807, 2.05) is 11.0 Å². The van der Waals surface area contributed by atoms with E-state index >= 15 is 0 Å². The van der Waals surface area contributed by atoms with Crippen LogP contribution in [-0.2, 0) is 0 Å². The van der Waals surface area contributed by atoms with Gasteiger partial charge in [-0.1, -0.05) is 6.42 Å². The van der Waals surface area contributed by atoms with E-state index in [1.54, 1.807) is 17.4 Å². The lowest BCUT2D eigenvalue weighted by molar-refractivity contribution is 0.103. The molecule has 9 nitrogen and oxygen atoms in total. The zero-order chi connectivity index (χ0) is 22.6. The fraction of sp³-hybridized carbons (Fsp3) is 0.565. The molecule has 5 rings (SSSR count). The largest absolute Gasteiger partial charge is 0.489 e. The zero-order valence-electron chi connectivity index (χ0n) is 18.9. The van der Waals surface area contributed by atoms with Crippen LogP contribution in [0.1, 0.15) is 50.4 Å². The summed E-state index contributed by atoms with van der Waals surface area (Å²) >= 11 is 0. The van der Waals surface area contributed by atoms with Gasteiger partial charge in [0.2, 0.25) is 0 Å². The highest BCUT2D eigenvalue weighted by Gasteiger charge is 2.28. The topological polar surface area (TPSA) is 88.8 Å². The first-order valence-corrected chi connectivity index (χ1v) is 12.0. The van der Waals surface area contributed by atoms with E-state index in [9.17, 15) is 9.18 Å². The molecule has 178 valence electrons. The number of nitrogens with one attached hydrogen (secondary N) is 3. The fourth-order valence-electron chi connectivity index (χ4n) is 4.72.